The molecule has 124 valence electrons. The van der Waals surface area contributed by atoms with Gasteiger partial charge in [0.05, 0.1) is 6.10 Å². The number of hydrogen-bond donors (Lipinski definition) is 2. The number of aliphatic hydroxyl groups excluding tert-OH is 1. The Labute approximate surface area is 137 Å². The number of carbonyl (C=O) groups excluding carboxylic acids is 2. The van der Waals surface area contributed by atoms with E-state index in [9.17, 15) is 14.7 Å². The van der Waals surface area contributed by atoms with Crippen molar-refractivity contribution in [2.45, 2.75) is 25.4 Å². The largest absolute Gasteiger partial charge is 0.393 e. The molecule has 2 N–H and O–H groups in total. The first kappa shape index (κ1) is 17.2. The normalized spacial score (nSPS) is 20.7. The maximum absolute atomic E-state index is 12.1. The van der Waals surface area contributed by atoms with Crippen molar-refractivity contribution in [2.24, 2.45) is 5.92 Å². The lowest BCUT2D eigenvalue weighted by molar-refractivity contribution is -0.125. The van der Waals surface area contributed by atoms with Gasteiger partial charge < -0.3 is 15.3 Å². The van der Waals surface area contributed by atoms with E-state index >= 15 is 0 Å². The van der Waals surface area contributed by atoms with Crippen LogP contribution in [0.1, 0.15) is 35.2 Å². The minimum atomic E-state index is -0.286. The second kappa shape index (κ2) is 7.92. The van der Waals surface area contributed by atoms with Crippen LogP contribution < -0.4 is 5.32 Å². The molecule has 0 radical (unpaired) electrons. The number of nitrogens with one attached hydrogen (secondary N) is 1. The zero-order valence-corrected chi connectivity index (χ0v) is 13.7. The molecule has 2 amide bonds. The zero-order valence-electron chi connectivity index (χ0n) is 13.7. The van der Waals surface area contributed by atoms with Gasteiger partial charge in [-0.25, -0.2) is 0 Å². The second-order valence-electron chi connectivity index (χ2n) is 6.01. The Kier molecular flexibility index (Phi) is 5.93. The molecule has 2 atom stereocenters. The van der Waals surface area contributed by atoms with Gasteiger partial charge in [-0.2, -0.15) is 0 Å². The van der Waals surface area contributed by atoms with E-state index in [-0.39, 0.29) is 23.8 Å². The number of rotatable bonds is 5. The average Bonchev–Trinajstić information content (AvgIpc) is 2.97. The van der Waals surface area contributed by atoms with Crippen LogP contribution in [0, 0.1) is 5.92 Å². The molecule has 0 aliphatic heterocycles. The van der Waals surface area contributed by atoms with Gasteiger partial charge in [-0.1, -0.05) is 18.6 Å². The molecule has 2 rings (SSSR count). The number of amides is 2. The van der Waals surface area contributed by atoms with Gasteiger partial charge >= 0.3 is 0 Å². The highest BCUT2D eigenvalue weighted by atomic mass is 16.3. The van der Waals surface area contributed by atoms with E-state index < -0.39 is 0 Å². The zero-order chi connectivity index (χ0) is 16.8. The van der Waals surface area contributed by atoms with Gasteiger partial charge in [0, 0.05) is 38.2 Å². The quantitative estimate of drug-likeness (QED) is 0.812. The minimum Gasteiger partial charge on any atom is -0.393 e. The van der Waals surface area contributed by atoms with Crippen LogP contribution in [0.3, 0.4) is 0 Å². The van der Waals surface area contributed by atoms with Gasteiger partial charge in [0.15, 0.2) is 0 Å². The molecule has 1 saturated carbocycles. The van der Waals surface area contributed by atoms with E-state index in [0.29, 0.717) is 12.1 Å². The molecule has 23 heavy (non-hydrogen) atoms. The van der Waals surface area contributed by atoms with Crippen LogP contribution >= 0.6 is 0 Å². The summed E-state index contributed by atoms with van der Waals surface area (Å²) in [6.07, 6.45) is 5.81. The van der Waals surface area contributed by atoms with Gasteiger partial charge in [-0.3, -0.25) is 9.59 Å². The summed E-state index contributed by atoms with van der Waals surface area (Å²) in [5.41, 5.74) is 1.45. The summed E-state index contributed by atoms with van der Waals surface area (Å²) in [5.74, 6) is -0.0323. The van der Waals surface area contributed by atoms with Crippen LogP contribution in [0.4, 0.5) is 0 Å². The molecule has 0 bridgehead atoms. The Bertz CT molecular complexity index is 580. The molecule has 5 heteroatoms. The fraction of sp³-hybridized carbons (Fsp3) is 0.444. The molecule has 0 spiro atoms. The summed E-state index contributed by atoms with van der Waals surface area (Å²) in [6, 6.07) is 7.05. The molecule has 0 saturated heterocycles. The van der Waals surface area contributed by atoms with E-state index in [0.717, 1.165) is 24.8 Å². The van der Waals surface area contributed by atoms with E-state index in [1.807, 2.05) is 0 Å². The summed E-state index contributed by atoms with van der Waals surface area (Å²) >= 11 is 0. The van der Waals surface area contributed by atoms with Gasteiger partial charge in [0.25, 0.3) is 5.91 Å². The van der Waals surface area contributed by atoms with Crippen molar-refractivity contribution in [3.8, 4) is 0 Å². The van der Waals surface area contributed by atoms with Crippen LogP contribution in [-0.4, -0.2) is 48.6 Å². The van der Waals surface area contributed by atoms with E-state index in [4.69, 9.17) is 0 Å². The van der Waals surface area contributed by atoms with Gasteiger partial charge in [-0.15, -0.1) is 0 Å². The highest BCUT2D eigenvalue weighted by Crippen LogP contribution is 2.26. The first-order chi connectivity index (χ1) is 11.0. The van der Waals surface area contributed by atoms with Crippen LogP contribution in [0.5, 0.6) is 0 Å². The molecule has 0 heterocycles. The van der Waals surface area contributed by atoms with Gasteiger partial charge in [0.2, 0.25) is 5.91 Å². The molecule has 1 aliphatic rings. The number of likely N-dealkylation sites (N-methyl/N-ethyl adjacent to an activating group) is 1. The van der Waals surface area contributed by atoms with E-state index in [2.05, 4.69) is 5.32 Å². The highest BCUT2D eigenvalue weighted by molar-refractivity contribution is 5.94. The summed E-state index contributed by atoms with van der Waals surface area (Å²) in [6.45, 7) is 0.583. The third-order valence-electron chi connectivity index (χ3n) is 4.32. The molecule has 1 fully saturated rings. The fourth-order valence-corrected chi connectivity index (χ4v) is 2.86. The smallest absolute Gasteiger partial charge is 0.251 e. The molecular formula is C18H24N2O3. The first-order valence-electron chi connectivity index (χ1n) is 7.94. The van der Waals surface area contributed by atoms with Crippen molar-refractivity contribution in [1.82, 2.24) is 10.2 Å². The Morgan fingerprint density at radius 1 is 1.30 bits per heavy atom. The van der Waals surface area contributed by atoms with Crippen LogP contribution in [0.25, 0.3) is 6.08 Å². The Morgan fingerprint density at radius 2 is 2.00 bits per heavy atom. The molecule has 5 nitrogen and oxygen atoms in total. The summed E-state index contributed by atoms with van der Waals surface area (Å²) in [7, 11) is 3.35. The Hall–Kier alpha value is -2.14. The van der Waals surface area contributed by atoms with Crippen molar-refractivity contribution < 1.29 is 14.7 Å². The highest BCUT2D eigenvalue weighted by Gasteiger charge is 2.26. The number of nitrogens with zero attached hydrogens (tertiary/aromatic N) is 1. The Balaban J connectivity index is 1.90. The molecular weight excluding hydrogens is 292 g/mol. The average molecular weight is 316 g/mol. The lowest BCUT2D eigenvalue weighted by Crippen LogP contribution is -2.33. The third kappa shape index (κ3) is 4.66. The summed E-state index contributed by atoms with van der Waals surface area (Å²) in [5, 5.41) is 12.4. The molecule has 0 aromatic heterocycles. The Morgan fingerprint density at radius 3 is 2.57 bits per heavy atom. The van der Waals surface area contributed by atoms with Crippen molar-refractivity contribution in [2.75, 3.05) is 20.6 Å². The van der Waals surface area contributed by atoms with Crippen molar-refractivity contribution >= 4 is 17.9 Å². The molecule has 1 aromatic carbocycles. The predicted molar refractivity (Wildman–Crippen MR) is 89.9 cm³/mol. The maximum atomic E-state index is 12.1. The fourth-order valence-electron chi connectivity index (χ4n) is 2.86. The van der Waals surface area contributed by atoms with E-state index in [1.165, 1.54) is 6.08 Å². The lowest BCUT2D eigenvalue weighted by atomic mass is 10.1. The SMILES string of the molecule is CNC(=O)c1ccc(/C=C/C(=O)N(C)CC2CCCC2O)cc1. The summed E-state index contributed by atoms with van der Waals surface area (Å²) < 4.78 is 0. The lowest BCUT2D eigenvalue weighted by Gasteiger charge is -2.22. The molecule has 2 unspecified atom stereocenters. The van der Waals surface area contributed by atoms with Crippen LogP contribution in [0.15, 0.2) is 30.3 Å². The number of aliphatic hydroxyl groups is 1. The third-order valence-corrected chi connectivity index (χ3v) is 4.32. The van der Waals surface area contributed by atoms with Crippen molar-refractivity contribution in [1.29, 1.82) is 0 Å². The topological polar surface area (TPSA) is 69.6 Å². The first-order valence-corrected chi connectivity index (χ1v) is 7.94. The van der Waals surface area contributed by atoms with Gasteiger partial charge in [-0.05, 0) is 36.6 Å². The van der Waals surface area contributed by atoms with Crippen molar-refractivity contribution in [3.63, 3.8) is 0 Å². The summed E-state index contributed by atoms with van der Waals surface area (Å²) in [4.78, 5) is 25.2. The van der Waals surface area contributed by atoms with Crippen LogP contribution in [0.2, 0.25) is 0 Å². The number of carbonyl (C=O) groups is 2. The predicted octanol–water partition coefficient (Wildman–Crippen LogP) is 1.68. The van der Waals surface area contributed by atoms with Crippen LogP contribution in [-0.2, 0) is 4.79 Å². The second-order valence-corrected chi connectivity index (χ2v) is 6.01. The molecule has 1 aromatic rings. The molecule has 1 aliphatic carbocycles. The minimum absolute atomic E-state index is 0.0838. The maximum Gasteiger partial charge on any atom is 0.251 e. The van der Waals surface area contributed by atoms with Crippen molar-refractivity contribution in [3.05, 3.63) is 41.5 Å². The number of hydrogen-bond acceptors (Lipinski definition) is 3. The van der Waals surface area contributed by atoms with Gasteiger partial charge in [0.1, 0.15) is 0 Å². The van der Waals surface area contributed by atoms with E-state index in [1.54, 1.807) is 49.3 Å². The monoisotopic (exact) mass is 316 g/mol. The standard InChI is InChI=1S/C18H24N2O3/c1-19-18(23)14-9-6-13(7-10-14)8-11-17(22)20(2)12-15-4-3-5-16(15)21/h6-11,15-16,21H,3-5,12H2,1-2H3,(H,19,23)/b11-8+. The number of benzene rings is 1.